The van der Waals surface area contributed by atoms with E-state index in [0.29, 0.717) is 29.0 Å². The first-order chi connectivity index (χ1) is 14.6. The zero-order valence-electron chi connectivity index (χ0n) is 17.3. The van der Waals surface area contributed by atoms with Crippen molar-refractivity contribution in [1.29, 1.82) is 0 Å². The van der Waals surface area contributed by atoms with E-state index < -0.39 is 12.5 Å². The van der Waals surface area contributed by atoms with Crippen LogP contribution in [0.3, 0.4) is 0 Å². The van der Waals surface area contributed by atoms with Gasteiger partial charge in [0.15, 0.2) is 11.6 Å². The molecule has 0 spiro atoms. The maximum Gasteiger partial charge on any atom is 0.387 e. The Hall–Kier alpha value is -2.36. The summed E-state index contributed by atoms with van der Waals surface area (Å²) in [5.74, 6) is -1.51. The minimum Gasteiger partial charge on any atom is -0.431 e. The number of pyridine rings is 1. The number of halogens is 4. The van der Waals surface area contributed by atoms with Gasteiger partial charge in [-0.05, 0) is 50.7 Å². The standard InChI is InChI=1S/C21H25F4N5O/c1-10(2)30-16(18-13-4-12(5-14(13)18)29-8-21(24,25)9-29)6-15(28-30)11-3-17(31-20(22)23)19(26)27-7-11/h3,6-7,10,12-14,18,20H,4-5,8-9H2,1-2H3,(H2,26,27)/t12?,13-,14+,18?. The molecule has 3 heterocycles. The Morgan fingerprint density at radius 2 is 1.84 bits per heavy atom. The van der Waals surface area contributed by atoms with Crippen LogP contribution in [0.4, 0.5) is 23.4 Å². The molecule has 0 bridgehead atoms. The number of ether oxygens (including phenoxy) is 1. The maximum absolute atomic E-state index is 13.2. The first-order valence-corrected chi connectivity index (χ1v) is 10.5. The summed E-state index contributed by atoms with van der Waals surface area (Å²) in [5.41, 5.74) is 7.92. The summed E-state index contributed by atoms with van der Waals surface area (Å²) in [7, 11) is 0. The number of nitrogens with zero attached hydrogens (tertiary/aromatic N) is 4. The summed E-state index contributed by atoms with van der Waals surface area (Å²) in [6, 6.07) is 3.78. The highest BCUT2D eigenvalue weighted by Gasteiger charge is 2.61. The fourth-order valence-electron chi connectivity index (χ4n) is 5.35. The molecule has 2 aliphatic carbocycles. The van der Waals surface area contributed by atoms with Crippen molar-refractivity contribution in [2.24, 2.45) is 11.8 Å². The Balaban J connectivity index is 1.35. The third kappa shape index (κ3) is 3.64. The van der Waals surface area contributed by atoms with Gasteiger partial charge in [-0.1, -0.05) is 0 Å². The second-order valence-corrected chi connectivity index (χ2v) is 9.22. The minimum absolute atomic E-state index is 0.105. The molecular formula is C21H25F4N5O. The number of aromatic nitrogens is 3. The van der Waals surface area contributed by atoms with Crippen molar-refractivity contribution >= 4 is 5.82 Å². The van der Waals surface area contributed by atoms with Gasteiger partial charge in [0.25, 0.3) is 5.92 Å². The molecule has 0 aromatic carbocycles. The van der Waals surface area contributed by atoms with Crippen LogP contribution in [0.1, 0.15) is 44.3 Å². The SMILES string of the molecule is CC(C)n1nc(-c2cnc(N)c(OC(F)F)c2)cc1C1[C@H]2CC(N3CC(F)(F)C3)C[C@@H]12. The van der Waals surface area contributed by atoms with Crippen LogP contribution in [0.15, 0.2) is 18.3 Å². The molecule has 2 unspecified atom stereocenters. The van der Waals surface area contributed by atoms with Crippen LogP contribution in [0.25, 0.3) is 11.3 Å². The normalized spacial score (nSPS) is 29.3. The highest BCUT2D eigenvalue weighted by Crippen LogP contribution is 2.64. The van der Waals surface area contributed by atoms with Crippen LogP contribution in [0, 0.1) is 11.8 Å². The number of hydrogen-bond acceptors (Lipinski definition) is 5. The van der Waals surface area contributed by atoms with E-state index in [1.807, 2.05) is 29.5 Å². The molecule has 2 aromatic rings. The largest absolute Gasteiger partial charge is 0.431 e. The average molecular weight is 439 g/mol. The smallest absolute Gasteiger partial charge is 0.387 e. The van der Waals surface area contributed by atoms with Gasteiger partial charge in [0.2, 0.25) is 0 Å². The second kappa shape index (κ2) is 7.08. The lowest BCUT2D eigenvalue weighted by atomic mass is 9.99. The molecule has 6 nitrogen and oxygen atoms in total. The van der Waals surface area contributed by atoms with E-state index in [0.717, 1.165) is 18.5 Å². The number of rotatable bonds is 6. The molecule has 4 atom stereocenters. The van der Waals surface area contributed by atoms with Gasteiger partial charge in [-0.15, -0.1) is 0 Å². The Bertz CT molecular complexity index is 974. The Labute approximate surface area is 177 Å². The topological polar surface area (TPSA) is 69.2 Å². The highest BCUT2D eigenvalue weighted by molar-refractivity contribution is 5.64. The lowest BCUT2D eigenvalue weighted by molar-refractivity contribution is -0.146. The molecule has 10 heteroatoms. The molecule has 5 rings (SSSR count). The predicted molar refractivity (Wildman–Crippen MR) is 106 cm³/mol. The van der Waals surface area contributed by atoms with Crippen molar-refractivity contribution in [3.05, 3.63) is 24.0 Å². The first kappa shape index (κ1) is 20.5. The van der Waals surface area contributed by atoms with E-state index in [-0.39, 0.29) is 36.7 Å². The molecule has 2 aromatic heterocycles. The van der Waals surface area contributed by atoms with Gasteiger partial charge in [0, 0.05) is 35.5 Å². The molecule has 0 amide bonds. The Morgan fingerprint density at radius 1 is 1.16 bits per heavy atom. The summed E-state index contributed by atoms with van der Waals surface area (Å²) in [5, 5.41) is 4.70. The predicted octanol–water partition coefficient (Wildman–Crippen LogP) is 4.15. The van der Waals surface area contributed by atoms with Crippen molar-refractivity contribution in [2.75, 3.05) is 18.8 Å². The lowest BCUT2D eigenvalue weighted by Crippen LogP contribution is -2.59. The number of nitrogens with two attached hydrogens (primary N) is 1. The molecule has 2 N–H and O–H groups in total. The summed E-state index contributed by atoms with van der Waals surface area (Å²) in [4.78, 5) is 5.87. The molecule has 31 heavy (non-hydrogen) atoms. The number of hydrogen-bond donors (Lipinski definition) is 1. The number of likely N-dealkylation sites (tertiary alicyclic amines) is 1. The van der Waals surface area contributed by atoms with Gasteiger partial charge in [-0.25, -0.2) is 13.8 Å². The monoisotopic (exact) mass is 439 g/mol. The summed E-state index contributed by atoms with van der Waals surface area (Å²) < 4.78 is 58.1. The van der Waals surface area contributed by atoms with Gasteiger partial charge in [0.05, 0.1) is 18.8 Å². The fourth-order valence-corrected chi connectivity index (χ4v) is 5.35. The molecular weight excluding hydrogens is 414 g/mol. The van der Waals surface area contributed by atoms with Crippen LogP contribution in [0.5, 0.6) is 5.75 Å². The van der Waals surface area contributed by atoms with Crippen LogP contribution in [-0.2, 0) is 0 Å². The van der Waals surface area contributed by atoms with E-state index in [4.69, 9.17) is 10.8 Å². The van der Waals surface area contributed by atoms with Crippen molar-refractivity contribution in [3.63, 3.8) is 0 Å². The molecule has 3 aliphatic rings. The number of fused-ring (bicyclic) bond motifs is 1. The second-order valence-electron chi connectivity index (χ2n) is 9.22. The van der Waals surface area contributed by atoms with E-state index in [1.165, 1.54) is 12.3 Å². The van der Waals surface area contributed by atoms with Gasteiger partial charge < -0.3 is 10.5 Å². The van der Waals surface area contributed by atoms with E-state index >= 15 is 0 Å². The van der Waals surface area contributed by atoms with Crippen LogP contribution in [0.2, 0.25) is 0 Å². The third-order valence-electron chi connectivity index (χ3n) is 6.79. The quantitative estimate of drug-likeness (QED) is 0.685. The zero-order valence-corrected chi connectivity index (χ0v) is 17.3. The van der Waals surface area contributed by atoms with E-state index in [9.17, 15) is 17.6 Å². The van der Waals surface area contributed by atoms with Gasteiger partial charge >= 0.3 is 6.61 Å². The Kier molecular flexibility index (Phi) is 4.69. The number of nitrogen functional groups attached to an aromatic ring is 1. The summed E-state index contributed by atoms with van der Waals surface area (Å²) >= 11 is 0. The molecule has 1 aliphatic heterocycles. The van der Waals surface area contributed by atoms with E-state index in [2.05, 4.69) is 9.72 Å². The number of alkyl halides is 4. The van der Waals surface area contributed by atoms with Crippen molar-refractivity contribution in [3.8, 4) is 17.0 Å². The van der Waals surface area contributed by atoms with Crippen molar-refractivity contribution in [2.45, 2.75) is 57.2 Å². The minimum atomic E-state index is -2.99. The summed E-state index contributed by atoms with van der Waals surface area (Å²) in [6.07, 6.45) is 3.36. The van der Waals surface area contributed by atoms with Gasteiger partial charge in [0.1, 0.15) is 0 Å². The Morgan fingerprint density at radius 3 is 2.42 bits per heavy atom. The molecule has 168 valence electrons. The summed E-state index contributed by atoms with van der Waals surface area (Å²) in [6.45, 7) is 0.839. The molecule has 2 saturated carbocycles. The lowest BCUT2D eigenvalue weighted by Gasteiger charge is -2.43. The van der Waals surface area contributed by atoms with Crippen molar-refractivity contribution in [1.82, 2.24) is 19.7 Å². The number of anilines is 1. The van der Waals surface area contributed by atoms with Crippen LogP contribution in [-0.4, -0.2) is 51.3 Å². The van der Waals surface area contributed by atoms with Gasteiger partial charge in [-0.2, -0.15) is 13.9 Å². The van der Waals surface area contributed by atoms with E-state index in [1.54, 1.807) is 0 Å². The van der Waals surface area contributed by atoms with Crippen LogP contribution < -0.4 is 10.5 Å². The average Bonchev–Trinajstić information content (AvgIpc) is 3.04. The van der Waals surface area contributed by atoms with Gasteiger partial charge in [-0.3, -0.25) is 9.58 Å². The van der Waals surface area contributed by atoms with Crippen LogP contribution >= 0.6 is 0 Å². The third-order valence-corrected chi connectivity index (χ3v) is 6.79. The first-order valence-electron chi connectivity index (χ1n) is 10.5. The molecule has 0 radical (unpaired) electrons. The molecule has 1 saturated heterocycles. The fraction of sp³-hybridized carbons (Fsp3) is 0.619. The zero-order chi connectivity index (χ0) is 22.1. The van der Waals surface area contributed by atoms with Crippen molar-refractivity contribution < 1.29 is 22.3 Å². The maximum atomic E-state index is 13.2. The highest BCUT2D eigenvalue weighted by atomic mass is 19.3. The molecule has 3 fully saturated rings.